The molecule has 4 aromatic carbocycles. The Morgan fingerprint density at radius 2 is 1.45 bits per heavy atom. The van der Waals surface area contributed by atoms with Gasteiger partial charge < -0.3 is 14.8 Å². The third-order valence-corrected chi connectivity index (χ3v) is 6.75. The molecule has 0 saturated carbocycles. The highest BCUT2D eigenvalue weighted by Crippen LogP contribution is 2.24. The second-order valence-corrected chi connectivity index (χ2v) is 10.1. The quantitative estimate of drug-likeness (QED) is 0.209. The number of imidazole rings is 1. The van der Waals surface area contributed by atoms with Gasteiger partial charge in [-0.25, -0.2) is 18.2 Å². The molecule has 0 aliphatic rings. The van der Waals surface area contributed by atoms with E-state index in [2.05, 4.69) is 14.7 Å². The molecule has 8 nitrogen and oxygen atoms in total. The van der Waals surface area contributed by atoms with Crippen LogP contribution in [0.15, 0.2) is 108 Å². The number of hydrogen-bond acceptors (Lipinski definition) is 5. The van der Waals surface area contributed by atoms with Crippen molar-refractivity contribution in [3.05, 3.63) is 115 Å². The third kappa shape index (κ3) is 7.60. The van der Waals surface area contributed by atoms with Gasteiger partial charge in [0.25, 0.3) is 10.0 Å². The van der Waals surface area contributed by atoms with Crippen molar-refractivity contribution in [3.63, 3.8) is 0 Å². The average molecular weight is 570 g/mol. The topological polar surface area (TPSA) is 121 Å². The van der Waals surface area contributed by atoms with Crippen LogP contribution in [0.25, 0.3) is 11.0 Å². The molecule has 12 heteroatoms. The summed E-state index contributed by atoms with van der Waals surface area (Å²) in [5.74, 6) is -0.400. The number of carboxylic acid groups (broad SMARTS) is 1. The molecule has 0 saturated heterocycles. The maximum Gasteiger partial charge on any atom is 0.490 e. The van der Waals surface area contributed by atoms with E-state index in [0.29, 0.717) is 12.1 Å². The number of rotatable bonds is 7. The largest absolute Gasteiger partial charge is 0.490 e. The minimum atomic E-state index is -5.08. The van der Waals surface area contributed by atoms with Crippen molar-refractivity contribution >= 4 is 32.7 Å². The van der Waals surface area contributed by atoms with Crippen LogP contribution < -0.4 is 9.46 Å². The summed E-state index contributed by atoms with van der Waals surface area (Å²) in [6.45, 7) is 0. The van der Waals surface area contributed by atoms with Crippen molar-refractivity contribution < 1.29 is 36.2 Å². The summed E-state index contributed by atoms with van der Waals surface area (Å²) in [5.41, 5.74) is 3.10. The summed E-state index contributed by atoms with van der Waals surface area (Å²) in [6, 6.07) is 31.1. The molecule has 0 spiro atoms. The number of halogens is 3. The summed E-state index contributed by atoms with van der Waals surface area (Å²) in [5, 5.41) is 7.12. The number of benzene rings is 4. The molecule has 0 aliphatic carbocycles. The molecule has 0 radical (unpaired) electrons. The molecule has 0 bridgehead atoms. The fraction of sp³-hybridized carbons (Fsp3) is 0.0714. The predicted octanol–water partition coefficient (Wildman–Crippen LogP) is 6.38. The number of hydrogen-bond donors (Lipinski definition) is 3. The van der Waals surface area contributed by atoms with Gasteiger partial charge in [0.05, 0.1) is 21.6 Å². The van der Waals surface area contributed by atoms with E-state index in [1.165, 1.54) is 0 Å². The Bertz CT molecular complexity index is 1690. The first-order valence-electron chi connectivity index (χ1n) is 11.7. The number of aromatic nitrogens is 2. The summed E-state index contributed by atoms with van der Waals surface area (Å²) < 4.78 is 65.4. The number of fused-ring (bicyclic) bond motifs is 1. The van der Waals surface area contributed by atoms with Gasteiger partial charge in [-0.15, -0.1) is 0 Å². The van der Waals surface area contributed by atoms with Gasteiger partial charge in [0.2, 0.25) is 0 Å². The normalized spacial score (nSPS) is 11.4. The Morgan fingerprint density at radius 1 is 0.875 bits per heavy atom. The maximum atomic E-state index is 12.6. The van der Waals surface area contributed by atoms with Crippen LogP contribution in [0.5, 0.6) is 11.5 Å². The minimum absolute atomic E-state index is 0.218. The Morgan fingerprint density at radius 3 is 2.05 bits per heavy atom. The molecule has 0 atom stereocenters. The molecule has 40 heavy (non-hydrogen) atoms. The molecule has 5 aromatic rings. The van der Waals surface area contributed by atoms with E-state index in [-0.39, 0.29) is 4.90 Å². The fourth-order valence-electron chi connectivity index (χ4n) is 3.52. The Labute approximate surface area is 227 Å². The van der Waals surface area contributed by atoms with E-state index in [4.69, 9.17) is 14.6 Å². The summed E-state index contributed by atoms with van der Waals surface area (Å²) in [6.07, 6.45) is -4.47. The Hall–Kier alpha value is -4.84. The van der Waals surface area contributed by atoms with Crippen molar-refractivity contribution in [1.82, 2.24) is 9.97 Å². The molecule has 206 valence electrons. The number of H-pyrrole nitrogens is 1. The number of alkyl halides is 3. The van der Waals surface area contributed by atoms with Crippen molar-refractivity contribution in [1.29, 1.82) is 0 Å². The van der Waals surface area contributed by atoms with Crippen LogP contribution in [0, 0.1) is 0 Å². The summed E-state index contributed by atoms with van der Waals surface area (Å²) in [7, 11) is -3.65. The Kier molecular flexibility index (Phi) is 8.39. The van der Waals surface area contributed by atoms with Crippen molar-refractivity contribution in [2.24, 2.45) is 0 Å². The van der Waals surface area contributed by atoms with Crippen LogP contribution in [-0.2, 0) is 21.2 Å². The average Bonchev–Trinajstić information content (AvgIpc) is 3.32. The van der Waals surface area contributed by atoms with Gasteiger partial charge >= 0.3 is 12.1 Å². The number of aliphatic carboxylic acids is 1. The number of anilines is 1. The first-order valence-corrected chi connectivity index (χ1v) is 13.2. The van der Waals surface area contributed by atoms with E-state index in [1.807, 2.05) is 54.6 Å². The highest BCUT2D eigenvalue weighted by atomic mass is 32.2. The lowest BCUT2D eigenvalue weighted by Crippen LogP contribution is -2.21. The lowest BCUT2D eigenvalue weighted by molar-refractivity contribution is -0.192. The molecule has 0 unspecified atom stereocenters. The van der Waals surface area contributed by atoms with E-state index < -0.39 is 22.2 Å². The molecule has 0 fully saturated rings. The van der Waals surface area contributed by atoms with Crippen LogP contribution in [0.3, 0.4) is 0 Å². The smallest absolute Gasteiger partial charge is 0.475 e. The van der Waals surface area contributed by atoms with Crippen LogP contribution in [0.4, 0.5) is 18.9 Å². The SMILES string of the molecule is O=C(O)C(F)(F)F.O=S(=O)(Nc1ccc2nc(Cc3ccc(Oc4ccccc4)cc3)[nH]c2c1)c1ccccc1. The van der Waals surface area contributed by atoms with Crippen LogP contribution >= 0.6 is 0 Å². The second kappa shape index (κ2) is 11.9. The molecular weight excluding hydrogens is 547 g/mol. The number of para-hydroxylation sites is 1. The van der Waals surface area contributed by atoms with Gasteiger partial charge in [0, 0.05) is 6.42 Å². The standard InChI is InChI=1S/C26H21N3O3S.C2HF3O2/c30-33(31,23-9-5-2-6-10-23)29-20-13-16-24-25(18-20)28-26(27-24)17-19-11-14-22(15-12-19)32-21-7-3-1-4-8-21;3-2(4,5)1(6)7/h1-16,18,29H,17H2,(H,27,28);(H,6,7). The maximum absolute atomic E-state index is 12.6. The Balaban J connectivity index is 0.000000470. The lowest BCUT2D eigenvalue weighted by atomic mass is 10.1. The lowest BCUT2D eigenvalue weighted by Gasteiger charge is -2.07. The molecule has 0 aliphatic heterocycles. The molecule has 5 rings (SSSR count). The van der Waals surface area contributed by atoms with E-state index >= 15 is 0 Å². The zero-order valence-electron chi connectivity index (χ0n) is 20.6. The first kappa shape index (κ1) is 28.2. The number of carbonyl (C=O) groups is 1. The van der Waals surface area contributed by atoms with E-state index in [0.717, 1.165) is 33.9 Å². The van der Waals surface area contributed by atoms with Crippen molar-refractivity contribution in [2.75, 3.05) is 4.72 Å². The zero-order valence-corrected chi connectivity index (χ0v) is 21.4. The van der Waals surface area contributed by atoms with Gasteiger partial charge in [-0.1, -0.05) is 48.5 Å². The van der Waals surface area contributed by atoms with E-state index in [1.54, 1.807) is 48.5 Å². The fourth-order valence-corrected chi connectivity index (χ4v) is 4.59. The number of carboxylic acids is 1. The van der Waals surface area contributed by atoms with Gasteiger partial charge in [-0.2, -0.15) is 13.2 Å². The summed E-state index contributed by atoms with van der Waals surface area (Å²) in [4.78, 5) is 17.0. The van der Waals surface area contributed by atoms with Gasteiger partial charge in [-0.3, -0.25) is 4.72 Å². The molecule has 3 N–H and O–H groups in total. The molecule has 1 heterocycles. The van der Waals surface area contributed by atoms with Crippen LogP contribution in [-0.4, -0.2) is 35.6 Å². The summed E-state index contributed by atoms with van der Waals surface area (Å²) >= 11 is 0. The van der Waals surface area contributed by atoms with E-state index in [9.17, 15) is 21.6 Å². The highest BCUT2D eigenvalue weighted by Gasteiger charge is 2.38. The number of nitrogens with zero attached hydrogens (tertiary/aromatic N) is 1. The number of nitrogens with one attached hydrogen (secondary N) is 2. The predicted molar refractivity (Wildman–Crippen MR) is 143 cm³/mol. The van der Waals surface area contributed by atoms with Gasteiger partial charge in [0.1, 0.15) is 17.3 Å². The first-order chi connectivity index (χ1) is 19.0. The van der Waals surface area contributed by atoms with Crippen molar-refractivity contribution in [2.45, 2.75) is 17.5 Å². The second-order valence-electron chi connectivity index (χ2n) is 8.37. The third-order valence-electron chi connectivity index (χ3n) is 5.35. The molecule has 0 amide bonds. The molecular formula is C28H22F3N3O5S. The molecule has 1 aromatic heterocycles. The number of aromatic amines is 1. The van der Waals surface area contributed by atoms with Crippen LogP contribution in [0.2, 0.25) is 0 Å². The number of sulfonamides is 1. The zero-order chi connectivity index (χ0) is 28.8. The highest BCUT2D eigenvalue weighted by molar-refractivity contribution is 7.92. The van der Waals surface area contributed by atoms with Gasteiger partial charge in [0.15, 0.2) is 0 Å². The van der Waals surface area contributed by atoms with Crippen LogP contribution in [0.1, 0.15) is 11.4 Å². The van der Waals surface area contributed by atoms with Crippen molar-refractivity contribution in [3.8, 4) is 11.5 Å². The monoisotopic (exact) mass is 569 g/mol. The van der Waals surface area contributed by atoms with Gasteiger partial charge in [-0.05, 0) is 60.2 Å². The number of ether oxygens (including phenoxy) is 1. The minimum Gasteiger partial charge on any atom is -0.475 e.